The number of rotatable bonds is 4. The zero-order valence-electron chi connectivity index (χ0n) is 10.6. The highest BCUT2D eigenvalue weighted by Crippen LogP contribution is 2.23. The summed E-state index contributed by atoms with van der Waals surface area (Å²) in [6, 6.07) is 7.95. The quantitative estimate of drug-likeness (QED) is 0.605. The van der Waals surface area contributed by atoms with Crippen LogP contribution in [0.15, 0.2) is 30.3 Å². The predicted octanol–water partition coefficient (Wildman–Crippen LogP) is 0.668. The Balaban J connectivity index is 2.95. The van der Waals surface area contributed by atoms with E-state index in [-0.39, 0.29) is 0 Å². The van der Waals surface area contributed by atoms with Crippen molar-refractivity contribution in [3.63, 3.8) is 0 Å². The highest BCUT2D eigenvalue weighted by molar-refractivity contribution is 5.93. The molecule has 1 rings (SSSR count). The summed E-state index contributed by atoms with van der Waals surface area (Å²) in [5.41, 5.74) is 10.7. The molecular weight excluding hydrogens is 232 g/mol. The highest BCUT2D eigenvalue weighted by Gasteiger charge is 2.37. The Bertz CT molecular complexity index is 431. The van der Waals surface area contributed by atoms with Gasteiger partial charge in [-0.2, -0.15) is 0 Å². The van der Waals surface area contributed by atoms with Gasteiger partial charge in [-0.3, -0.25) is 0 Å². The van der Waals surface area contributed by atoms with Gasteiger partial charge in [0.2, 0.25) is 0 Å². The molecule has 2 atom stereocenters. The first-order valence-corrected chi connectivity index (χ1v) is 5.78. The van der Waals surface area contributed by atoms with Gasteiger partial charge < -0.3 is 16.2 Å². The molecule has 0 aliphatic carbocycles. The summed E-state index contributed by atoms with van der Waals surface area (Å²) in [6.45, 7) is 3.20. The fourth-order valence-corrected chi connectivity index (χ4v) is 1.48. The van der Waals surface area contributed by atoms with Crippen molar-refractivity contribution in [2.24, 2.45) is 11.5 Å². The van der Waals surface area contributed by atoms with E-state index < -0.39 is 23.5 Å². The number of hydrogen-bond donors (Lipinski definition) is 2. The number of benzene rings is 1. The lowest BCUT2D eigenvalue weighted by atomic mass is 9.88. The maximum absolute atomic E-state index is 12.0. The van der Waals surface area contributed by atoms with Gasteiger partial charge in [-0.1, -0.05) is 37.3 Å². The second kappa shape index (κ2) is 5.75. The Morgan fingerprint density at radius 2 is 1.89 bits per heavy atom. The molecule has 1 aromatic rings. The number of esters is 2. The average molecular weight is 250 g/mol. The van der Waals surface area contributed by atoms with Gasteiger partial charge in [0.25, 0.3) is 0 Å². The van der Waals surface area contributed by atoms with Crippen LogP contribution in [-0.4, -0.2) is 18.0 Å². The van der Waals surface area contributed by atoms with Crippen LogP contribution in [0.2, 0.25) is 0 Å². The fourth-order valence-electron chi connectivity index (χ4n) is 1.48. The largest absolute Gasteiger partial charge is 0.390 e. The Hall–Kier alpha value is -1.72. The van der Waals surface area contributed by atoms with Gasteiger partial charge in [0.1, 0.15) is 11.6 Å². The lowest BCUT2D eigenvalue weighted by Crippen LogP contribution is -2.47. The van der Waals surface area contributed by atoms with Gasteiger partial charge in [-0.25, -0.2) is 9.59 Å². The first-order valence-electron chi connectivity index (χ1n) is 5.78. The van der Waals surface area contributed by atoms with Gasteiger partial charge in [-0.15, -0.1) is 0 Å². The molecule has 0 heterocycles. The van der Waals surface area contributed by atoms with Crippen molar-refractivity contribution in [2.75, 3.05) is 0 Å². The minimum atomic E-state index is -1.33. The van der Waals surface area contributed by atoms with Gasteiger partial charge in [0.05, 0.1) is 0 Å². The molecule has 0 saturated carbocycles. The van der Waals surface area contributed by atoms with Crippen molar-refractivity contribution in [2.45, 2.75) is 31.8 Å². The molecule has 0 aliphatic rings. The number of nitrogens with two attached hydrogens (primary N) is 2. The molecule has 98 valence electrons. The second-order valence-electron chi connectivity index (χ2n) is 4.19. The van der Waals surface area contributed by atoms with E-state index in [1.165, 1.54) is 6.92 Å². The van der Waals surface area contributed by atoms with Crippen LogP contribution >= 0.6 is 0 Å². The van der Waals surface area contributed by atoms with E-state index in [2.05, 4.69) is 0 Å². The zero-order chi connectivity index (χ0) is 13.8. The monoisotopic (exact) mass is 250 g/mol. The van der Waals surface area contributed by atoms with E-state index in [0.717, 1.165) is 0 Å². The summed E-state index contributed by atoms with van der Waals surface area (Å²) in [4.78, 5) is 23.3. The van der Waals surface area contributed by atoms with Gasteiger partial charge >= 0.3 is 11.9 Å². The van der Waals surface area contributed by atoms with Crippen molar-refractivity contribution >= 4 is 11.9 Å². The molecule has 0 amide bonds. The van der Waals surface area contributed by atoms with Crippen molar-refractivity contribution in [3.8, 4) is 0 Å². The fraction of sp³-hybridized carbons (Fsp3) is 0.385. The van der Waals surface area contributed by atoms with Gasteiger partial charge in [-0.05, 0) is 18.9 Å². The number of hydrogen-bond acceptors (Lipinski definition) is 5. The van der Waals surface area contributed by atoms with Crippen molar-refractivity contribution < 1.29 is 14.3 Å². The smallest absolute Gasteiger partial charge is 0.338 e. The summed E-state index contributed by atoms with van der Waals surface area (Å²) in [7, 11) is 0. The first-order chi connectivity index (χ1) is 8.41. The molecule has 0 saturated heterocycles. The molecule has 0 spiro atoms. The number of carbonyl (C=O) groups is 2. The molecule has 0 aliphatic heterocycles. The minimum Gasteiger partial charge on any atom is -0.390 e. The van der Waals surface area contributed by atoms with Crippen LogP contribution in [0.1, 0.15) is 25.8 Å². The summed E-state index contributed by atoms with van der Waals surface area (Å²) < 4.78 is 4.69. The topological polar surface area (TPSA) is 95.4 Å². The summed E-state index contributed by atoms with van der Waals surface area (Å²) in [5, 5.41) is 0. The third-order valence-corrected chi connectivity index (χ3v) is 2.78. The van der Waals surface area contributed by atoms with Gasteiger partial charge in [0, 0.05) is 0 Å². The molecular formula is C13H18N2O3. The van der Waals surface area contributed by atoms with E-state index in [9.17, 15) is 9.59 Å². The van der Waals surface area contributed by atoms with E-state index in [0.29, 0.717) is 12.0 Å². The maximum atomic E-state index is 12.0. The second-order valence-corrected chi connectivity index (χ2v) is 4.19. The van der Waals surface area contributed by atoms with E-state index >= 15 is 0 Å². The van der Waals surface area contributed by atoms with Crippen molar-refractivity contribution in [3.05, 3.63) is 35.9 Å². The molecule has 0 bridgehead atoms. The molecule has 0 fully saturated rings. The summed E-state index contributed by atoms with van der Waals surface area (Å²) >= 11 is 0. The Morgan fingerprint density at radius 1 is 1.33 bits per heavy atom. The average Bonchev–Trinajstić information content (AvgIpc) is 2.38. The molecule has 0 aromatic heterocycles. The third-order valence-electron chi connectivity index (χ3n) is 2.78. The third kappa shape index (κ3) is 2.94. The van der Waals surface area contributed by atoms with E-state index in [4.69, 9.17) is 16.2 Å². The molecule has 5 nitrogen and oxygen atoms in total. The molecule has 0 radical (unpaired) electrons. The van der Waals surface area contributed by atoms with Crippen LogP contribution in [0.5, 0.6) is 0 Å². The zero-order valence-corrected chi connectivity index (χ0v) is 10.6. The number of ether oxygens (including phenoxy) is 1. The maximum Gasteiger partial charge on any atom is 0.338 e. The molecule has 0 unspecified atom stereocenters. The van der Waals surface area contributed by atoms with Crippen molar-refractivity contribution in [1.29, 1.82) is 0 Å². The van der Waals surface area contributed by atoms with Crippen LogP contribution in [0.3, 0.4) is 0 Å². The lowest BCUT2D eigenvalue weighted by molar-refractivity contribution is -0.164. The van der Waals surface area contributed by atoms with Crippen LogP contribution in [0, 0.1) is 0 Å². The van der Waals surface area contributed by atoms with Crippen molar-refractivity contribution in [1.82, 2.24) is 0 Å². The molecule has 1 aromatic carbocycles. The SMILES string of the molecule is CC[C@@](N)(C(=O)OC(=O)[C@H](C)N)c1ccccc1. The van der Waals surface area contributed by atoms with Crippen LogP contribution in [0.4, 0.5) is 0 Å². The van der Waals surface area contributed by atoms with E-state index in [1.54, 1.807) is 31.2 Å². The van der Waals surface area contributed by atoms with Crippen LogP contribution in [-0.2, 0) is 19.9 Å². The highest BCUT2D eigenvalue weighted by atomic mass is 16.6. The van der Waals surface area contributed by atoms with Crippen LogP contribution < -0.4 is 11.5 Å². The molecule has 5 heteroatoms. The summed E-state index contributed by atoms with van der Waals surface area (Å²) in [6.07, 6.45) is 0.322. The normalized spacial score (nSPS) is 15.6. The standard InChI is InChI=1S/C13H18N2O3/c1-3-13(15,10-7-5-4-6-8-10)12(17)18-11(16)9(2)14/h4-9H,3,14-15H2,1-2H3/t9-,13-/m0/s1. The van der Waals surface area contributed by atoms with Gasteiger partial charge in [0.15, 0.2) is 0 Å². The van der Waals surface area contributed by atoms with E-state index in [1.807, 2.05) is 6.07 Å². The van der Waals surface area contributed by atoms with Crippen LogP contribution in [0.25, 0.3) is 0 Å². The lowest BCUT2D eigenvalue weighted by Gasteiger charge is -2.25. The minimum absolute atomic E-state index is 0.322. The Labute approximate surface area is 106 Å². The number of carbonyl (C=O) groups excluding carboxylic acids is 2. The summed E-state index contributed by atoms with van der Waals surface area (Å²) in [5.74, 6) is -1.56. The first kappa shape index (κ1) is 14.3. The Morgan fingerprint density at radius 3 is 2.33 bits per heavy atom. The predicted molar refractivity (Wildman–Crippen MR) is 67.3 cm³/mol. The Kier molecular flexibility index (Phi) is 4.58. The molecule has 4 N–H and O–H groups in total. The molecule has 18 heavy (non-hydrogen) atoms.